The third-order valence-corrected chi connectivity index (χ3v) is 11.1. The summed E-state index contributed by atoms with van der Waals surface area (Å²) in [6, 6.07) is 28.8. The molecule has 4 aromatic rings. The molecule has 0 amide bonds. The molecule has 1 saturated carbocycles. The van der Waals surface area contributed by atoms with Crippen LogP contribution in [0, 0.1) is 5.92 Å². The molecule has 0 aromatic heterocycles. The number of ketones is 1. The summed E-state index contributed by atoms with van der Waals surface area (Å²) in [6.45, 7) is 0.0117. The molecule has 1 N–H and O–H groups in total. The number of ether oxygens (including phenoxy) is 2. The minimum absolute atomic E-state index is 0.0117. The van der Waals surface area contributed by atoms with E-state index >= 15 is 0 Å². The van der Waals surface area contributed by atoms with E-state index < -0.39 is 42.3 Å². The average molecular weight is 748 g/mol. The van der Waals surface area contributed by atoms with Gasteiger partial charge < -0.3 is 0 Å². The molecule has 0 unspecified atom stereocenters. The number of rotatable bonds is 11. The van der Waals surface area contributed by atoms with Crippen molar-refractivity contribution in [3.63, 3.8) is 0 Å². The van der Waals surface area contributed by atoms with Crippen LogP contribution < -0.4 is 16.7 Å². The third kappa shape index (κ3) is 7.97. The summed E-state index contributed by atoms with van der Waals surface area (Å²) in [6.07, 6.45) is 5.11. The Morgan fingerprint density at radius 1 is 0.778 bits per heavy atom. The second-order valence-electron chi connectivity index (χ2n) is 10.6. The molecule has 1 aliphatic rings. The summed E-state index contributed by atoms with van der Waals surface area (Å²) in [5, 5.41) is -5.13. The third-order valence-electron chi connectivity index (χ3n) is 7.50. The number of benzene rings is 4. The number of halogens is 2. The summed E-state index contributed by atoms with van der Waals surface area (Å²) >= 11 is -1.09. The molecule has 11 heteroatoms. The van der Waals surface area contributed by atoms with Crippen molar-refractivity contribution in [2.45, 2.75) is 37.4 Å². The Labute approximate surface area is 270 Å². The fourth-order valence-corrected chi connectivity index (χ4v) is 7.95. The number of hydrogen-bond acceptors (Lipinski definition) is 6. The molecule has 0 spiro atoms. The summed E-state index contributed by atoms with van der Waals surface area (Å²) in [7, 11) is -6.02. The van der Waals surface area contributed by atoms with E-state index in [1.165, 1.54) is 12.5 Å². The monoisotopic (exact) mass is 750 g/mol. The van der Waals surface area contributed by atoms with Crippen molar-refractivity contribution >= 4 is 50.0 Å². The zero-order valence-electron chi connectivity index (χ0n) is 24.0. The Bertz CT molecular complexity index is 1780. The number of carbonyl (C=O) groups is 2. The van der Waals surface area contributed by atoms with Crippen LogP contribution in [0.15, 0.2) is 97.1 Å². The second-order valence-corrected chi connectivity index (χ2v) is 15.4. The molecule has 0 saturated heterocycles. The van der Waals surface area contributed by atoms with Crippen LogP contribution in [-0.4, -0.2) is 57.5 Å². The number of alkyl halides is 2. The Kier molecular flexibility index (Phi) is 10.3. The maximum absolute atomic E-state index is 14.0. The first-order chi connectivity index (χ1) is 21.5. The van der Waals surface area contributed by atoms with Crippen molar-refractivity contribution in [3.05, 3.63) is 97.1 Å². The van der Waals surface area contributed by atoms with E-state index in [4.69, 9.17) is 14.0 Å². The van der Waals surface area contributed by atoms with Crippen LogP contribution in [0.3, 0.4) is 0 Å². The van der Waals surface area contributed by atoms with Gasteiger partial charge in [0.15, 0.2) is 0 Å². The zero-order valence-corrected chi connectivity index (χ0v) is 27.2. The first-order valence-corrected chi connectivity index (χ1v) is 18.1. The second kappa shape index (κ2) is 14.2. The number of Topliss-reactive ketones (excluding diaryl/α,β-unsaturated/α-hetero) is 1. The van der Waals surface area contributed by atoms with Crippen molar-refractivity contribution in [2.24, 2.45) is 5.92 Å². The topological polar surface area (TPSA) is 107 Å². The molecule has 1 aliphatic carbocycles. The Morgan fingerprint density at radius 3 is 1.82 bits per heavy atom. The van der Waals surface area contributed by atoms with E-state index in [0.29, 0.717) is 16.9 Å². The Hall–Kier alpha value is -3.62. The van der Waals surface area contributed by atoms with Crippen molar-refractivity contribution < 1.29 is 40.8 Å². The van der Waals surface area contributed by atoms with Crippen LogP contribution in [0.4, 0.5) is 8.78 Å². The molecule has 234 valence electrons. The van der Waals surface area contributed by atoms with Gasteiger partial charge in [-0.3, -0.25) is 0 Å². The van der Waals surface area contributed by atoms with Crippen molar-refractivity contribution in [1.29, 1.82) is 0 Å². The van der Waals surface area contributed by atoms with Gasteiger partial charge in [-0.1, -0.05) is 0 Å². The molecular weight excluding hydrogens is 718 g/mol. The molecule has 5 rings (SSSR count). The average Bonchev–Trinajstić information content (AvgIpc) is 3.05. The Balaban J connectivity index is 1.43. The predicted octanol–water partition coefficient (Wildman–Crippen LogP) is 5.59. The number of carbonyl (C=O) groups excluding carboxylic acids is 2. The predicted molar refractivity (Wildman–Crippen MR) is 168 cm³/mol. The van der Waals surface area contributed by atoms with E-state index in [2.05, 4.69) is 0 Å². The van der Waals surface area contributed by atoms with E-state index in [0.717, 1.165) is 44.0 Å². The van der Waals surface area contributed by atoms with Gasteiger partial charge in [0.25, 0.3) is 0 Å². The van der Waals surface area contributed by atoms with Crippen molar-refractivity contribution in [1.82, 2.24) is 0 Å². The number of hydrogen-bond donors (Lipinski definition) is 1. The molecule has 0 heterocycles. The van der Waals surface area contributed by atoms with Crippen molar-refractivity contribution in [3.8, 4) is 33.8 Å². The molecule has 7 nitrogen and oxygen atoms in total. The van der Waals surface area contributed by atoms with Gasteiger partial charge in [-0.05, 0) is 0 Å². The van der Waals surface area contributed by atoms with Crippen LogP contribution in [-0.2, 0) is 19.7 Å². The molecule has 0 atom stereocenters. The van der Waals surface area contributed by atoms with Gasteiger partial charge in [0.05, 0.1) is 0 Å². The van der Waals surface area contributed by atoms with Crippen LogP contribution in [0.25, 0.3) is 22.3 Å². The first-order valence-electron chi connectivity index (χ1n) is 14.3. The van der Waals surface area contributed by atoms with Gasteiger partial charge in [0, 0.05) is 0 Å². The fourth-order valence-electron chi connectivity index (χ4n) is 5.14. The van der Waals surface area contributed by atoms with E-state index in [1.54, 1.807) is 42.5 Å². The van der Waals surface area contributed by atoms with Crippen LogP contribution >= 0.6 is 0 Å². The Morgan fingerprint density at radius 2 is 1.29 bits per heavy atom. The van der Waals surface area contributed by atoms with E-state index in [-0.39, 0.29) is 24.1 Å². The molecule has 45 heavy (non-hydrogen) atoms. The summed E-state index contributed by atoms with van der Waals surface area (Å²) in [5.74, 6) is -1.91. The van der Waals surface area contributed by atoms with Crippen LogP contribution in [0.5, 0.6) is 11.5 Å². The SMILES string of the molecule is O=C(COc1ccc([Te]c2ccc(OC(=O)C(F)(F)S(=O)(=O)O)c(-c3ccccc3)c2)cc1-c1ccccc1)C1CCCCC1. The molecule has 0 aliphatic heterocycles. The molecule has 4 aromatic carbocycles. The summed E-state index contributed by atoms with van der Waals surface area (Å²) in [5.41, 5.74) is 2.64. The summed E-state index contributed by atoms with van der Waals surface area (Å²) < 4.78 is 71.8. The van der Waals surface area contributed by atoms with Gasteiger partial charge in [-0.15, -0.1) is 0 Å². The minimum atomic E-state index is -6.02. The molecular formula is C34H30F2O7STe. The molecule has 1 fully saturated rings. The fraction of sp³-hybridized carbons (Fsp3) is 0.235. The quantitative estimate of drug-likeness (QED) is 0.0924. The van der Waals surface area contributed by atoms with E-state index in [1.807, 2.05) is 48.5 Å². The zero-order chi connectivity index (χ0) is 32.0. The standard InChI is InChI=1S/C34H30F2O7STe/c35-34(36,44(39,40)41)33(38)43-32-19-17-27(21-29(32)24-12-6-2-7-13-24)45-26-16-18-31(28(20-26)23-10-4-1-5-11-23)42-22-30(37)25-14-8-3-9-15-25/h1-2,4-7,10-13,16-21,25H,3,8-9,14-15,22H2,(H,39,40,41). The van der Waals surface area contributed by atoms with Crippen molar-refractivity contribution in [2.75, 3.05) is 6.61 Å². The van der Waals surface area contributed by atoms with E-state index in [9.17, 15) is 26.8 Å². The number of esters is 1. The van der Waals surface area contributed by atoms with Gasteiger partial charge in [0.2, 0.25) is 0 Å². The summed E-state index contributed by atoms with van der Waals surface area (Å²) in [4.78, 5) is 24.9. The van der Waals surface area contributed by atoms with Crippen LogP contribution in [0.2, 0.25) is 0 Å². The maximum atomic E-state index is 14.0. The van der Waals surface area contributed by atoms with Gasteiger partial charge in [-0.2, -0.15) is 0 Å². The first kappa shape index (κ1) is 32.8. The van der Waals surface area contributed by atoms with Gasteiger partial charge >= 0.3 is 272 Å². The normalized spacial score (nSPS) is 14.1. The molecule has 0 bridgehead atoms. The van der Waals surface area contributed by atoms with Gasteiger partial charge in [-0.25, -0.2) is 0 Å². The van der Waals surface area contributed by atoms with Gasteiger partial charge in [0.1, 0.15) is 0 Å². The molecule has 0 radical (unpaired) electrons. The van der Waals surface area contributed by atoms with Crippen LogP contribution in [0.1, 0.15) is 32.1 Å².